The van der Waals surface area contributed by atoms with Gasteiger partial charge >= 0.3 is 0 Å². The molecule has 0 bridgehead atoms. The number of hydrogen-bond acceptors (Lipinski definition) is 5. The Bertz CT molecular complexity index is 808. The molecule has 0 radical (unpaired) electrons. The molecule has 1 aromatic heterocycles. The molecule has 0 atom stereocenters. The van der Waals surface area contributed by atoms with Gasteiger partial charge in [0.1, 0.15) is 11.6 Å². The minimum absolute atomic E-state index is 0.0467. The average molecular weight is 399 g/mol. The van der Waals surface area contributed by atoms with E-state index >= 15 is 0 Å². The third-order valence-corrected chi connectivity index (χ3v) is 10.5. The Morgan fingerprint density at radius 1 is 0.926 bits per heavy atom. The standard InChI is InChI=1S/C21H26N2O2SSi/c1-21(2,3)27(18-10-6-4-7-11-18,19-12-8-5-9-13-19)25-14-17-16-26-20(23-17)15-24-22/h4-13,16H,14-15,22H2,1-3H3. The minimum Gasteiger partial charge on any atom is -0.401 e. The summed E-state index contributed by atoms with van der Waals surface area (Å²) in [5.74, 6) is 5.16. The molecular weight excluding hydrogens is 372 g/mol. The molecule has 0 unspecified atom stereocenters. The molecule has 0 aliphatic heterocycles. The zero-order valence-electron chi connectivity index (χ0n) is 16.0. The Labute approximate surface area is 166 Å². The molecule has 4 nitrogen and oxygen atoms in total. The summed E-state index contributed by atoms with van der Waals surface area (Å²) >= 11 is 1.54. The van der Waals surface area contributed by atoms with Gasteiger partial charge in [0, 0.05) is 5.38 Å². The van der Waals surface area contributed by atoms with Crippen LogP contribution in [0.3, 0.4) is 0 Å². The first-order valence-electron chi connectivity index (χ1n) is 8.97. The summed E-state index contributed by atoms with van der Waals surface area (Å²) in [5.41, 5.74) is 0.917. The zero-order chi connectivity index (χ0) is 19.3. The van der Waals surface area contributed by atoms with E-state index in [0.29, 0.717) is 13.2 Å². The molecule has 0 amide bonds. The maximum atomic E-state index is 6.85. The number of aromatic nitrogens is 1. The molecule has 0 spiro atoms. The predicted octanol–water partition coefficient (Wildman–Crippen LogP) is 3.61. The van der Waals surface area contributed by atoms with Crippen LogP contribution in [0, 0.1) is 0 Å². The highest BCUT2D eigenvalue weighted by atomic mass is 32.1. The molecule has 3 aromatic rings. The molecule has 2 N–H and O–H groups in total. The van der Waals surface area contributed by atoms with Crippen molar-refractivity contribution in [3.8, 4) is 0 Å². The summed E-state index contributed by atoms with van der Waals surface area (Å²) in [7, 11) is -2.53. The van der Waals surface area contributed by atoms with E-state index < -0.39 is 8.32 Å². The second-order valence-corrected chi connectivity index (χ2v) is 12.7. The maximum Gasteiger partial charge on any atom is 0.261 e. The van der Waals surface area contributed by atoms with Gasteiger partial charge in [-0.1, -0.05) is 81.4 Å². The summed E-state index contributed by atoms with van der Waals surface area (Å²) < 4.78 is 6.85. The van der Waals surface area contributed by atoms with Crippen LogP contribution in [0.2, 0.25) is 5.04 Å². The SMILES string of the molecule is CC(C)(C)[Si](OCc1csc(CON)n1)(c1ccccc1)c1ccccc1. The van der Waals surface area contributed by atoms with Gasteiger partial charge in [0.15, 0.2) is 0 Å². The van der Waals surface area contributed by atoms with Crippen molar-refractivity contribution < 1.29 is 9.26 Å². The van der Waals surface area contributed by atoms with E-state index in [0.717, 1.165) is 10.7 Å². The summed E-state index contributed by atoms with van der Waals surface area (Å²) in [5, 5.41) is 5.37. The van der Waals surface area contributed by atoms with Crippen molar-refractivity contribution in [2.75, 3.05) is 0 Å². The van der Waals surface area contributed by atoms with Crippen LogP contribution in [0.1, 0.15) is 31.5 Å². The van der Waals surface area contributed by atoms with Gasteiger partial charge < -0.3 is 4.43 Å². The van der Waals surface area contributed by atoms with Crippen LogP contribution in [-0.4, -0.2) is 13.3 Å². The van der Waals surface area contributed by atoms with E-state index in [1.165, 1.54) is 10.4 Å². The zero-order valence-corrected chi connectivity index (χ0v) is 17.8. The Morgan fingerprint density at radius 3 is 1.96 bits per heavy atom. The first-order chi connectivity index (χ1) is 13.0. The van der Waals surface area contributed by atoms with Crippen LogP contribution in [-0.2, 0) is 22.5 Å². The fourth-order valence-corrected chi connectivity index (χ4v) is 8.72. The third kappa shape index (κ3) is 4.20. The van der Waals surface area contributed by atoms with Gasteiger partial charge in [-0.25, -0.2) is 10.9 Å². The van der Waals surface area contributed by atoms with E-state index in [2.05, 4.69) is 86.4 Å². The predicted molar refractivity (Wildman–Crippen MR) is 114 cm³/mol. The highest BCUT2D eigenvalue weighted by Gasteiger charge is 2.50. The Hall–Kier alpha value is -1.83. The second-order valence-electron chi connectivity index (χ2n) is 7.50. The van der Waals surface area contributed by atoms with Crippen molar-refractivity contribution in [2.24, 2.45) is 5.90 Å². The van der Waals surface area contributed by atoms with Gasteiger partial charge in [0.05, 0.1) is 12.3 Å². The van der Waals surface area contributed by atoms with Crippen LogP contribution < -0.4 is 16.3 Å². The van der Waals surface area contributed by atoms with Crippen molar-refractivity contribution in [1.29, 1.82) is 0 Å². The lowest BCUT2D eigenvalue weighted by molar-refractivity contribution is 0.123. The molecule has 6 heteroatoms. The molecule has 0 fully saturated rings. The van der Waals surface area contributed by atoms with E-state index in [4.69, 9.17) is 15.2 Å². The normalized spacial score (nSPS) is 12.3. The molecule has 3 rings (SSSR count). The van der Waals surface area contributed by atoms with Crippen molar-refractivity contribution in [2.45, 2.75) is 39.0 Å². The van der Waals surface area contributed by atoms with Gasteiger partial charge in [-0.05, 0) is 15.4 Å². The molecule has 27 heavy (non-hydrogen) atoms. The number of benzene rings is 2. The lowest BCUT2D eigenvalue weighted by Gasteiger charge is -2.42. The van der Waals surface area contributed by atoms with Crippen molar-refractivity contribution >= 4 is 30.0 Å². The third-order valence-electron chi connectivity index (χ3n) is 4.66. The van der Waals surface area contributed by atoms with Crippen molar-refractivity contribution in [3.05, 3.63) is 76.7 Å². The number of hydrogen-bond donors (Lipinski definition) is 1. The van der Waals surface area contributed by atoms with E-state index in [1.807, 2.05) is 5.38 Å². The maximum absolute atomic E-state index is 6.85. The largest absolute Gasteiger partial charge is 0.401 e. The molecule has 0 saturated carbocycles. The molecule has 142 valence electrons. The number of rotatable bonds is 7. The molecular formula is C21H26N2O2SSi. The molecule has 2 aromatic carbocycles. The van der Waals surface area contributed by atoms with Crippen LogP contribution in [0.15, 0.2) is 66.0 Å². The Kier molecular flexibility index (Phi) is 6.24. The Balaban J connectivity index is 2.03. The lowest BCUT2D eigenvalue weighted by atomic mass is 10.2. The summed E-state index contributed by atoms with van der Waals surface area (Å²) in [6.45, 7) is 7.61. The fourth-order valence-electron chi connectivity index (χ4n) is 3.50. The highest BCUT2D eigenvalue weighted by Crippen LogP contribution is 2.37. The lowest BCUT2D eigenvalue weighted by Crippen LogP contribution is -2.66. The summed E-state index contributed by atoms with van der Waals surface area (Å²) in [6, 6.07) is 21.2. The molecule has 0 aliphatic carbocycles. The van der Waals surface area contributed by atoms with Crippen molar-refractivity contribution in [1.82, 2.24) is 4.98 Å². The second kappa shape index (κ2) is 8.46. The minimum atomic E-state index is -2.53. The number of nitrogens with zero attached hydrogens (tertiary/aromatic N) is 1. The Morgan fingerprint density at radius 2 is 1.48 bits per heavy atom. The monoisotopic (exact) mass is 398 g/mol. The highest BCUT2D eigenvalue weighted by molar-refractivity contribution is 7.09. The average Bonchev–Trinajstić information content (AvgIpc) is 3.11. The van der Waals surface area contributed by atoms with Gasteiger partial charge in [-0.15, -0.1) is 11.3 Å². The van der Waals surface area contributed by atoms with Crippen LogP contribution in [0.4, 0.5) is 0 Å². The van der Waals surface area contributed by atoms with Crippen LogP contribution in [0.5, 0.6) is 0 Å². The van der Waals surface area contributed by atoms with Crippen molar-refractivity contribution in [3.63, 3.8) is 0 Å². The van der Waals surface area contributed by atoms with E-state index in [9.17, 15) is 0 Å². The molecule has 0 aliphatic rings. The quantitative estimate of drug-likeness (QED) is 0.488. The van der Waals surface area contributed by atoms with Gasteiger partial charge in [0.25, 0.3) is 8.32 Å². The number of nitrogens with two attached hydrogens (primary N) is 1. The molecule has 1 heterocycles. The van der Waals surface area contributed by atoms with E-state index in [1.54, 1.807) is 11.3 Å². The van der Waals surface area contributed by atoms with Gasteiger partial charge in [0.2, 0.25) is 0 Å². The summed E-state index contributed by atoms with van der Waals surface area (Å²) in [4.78, 5) is 9.28. The first kappa shape index (κ1) is 19.9. The fraction of sp³-hybridized carbons (Fsp3) is 0.286. The van der Waals surface area contributed by atoms with Crippen LogP contribution in [0.25, 0.3) is 0 Å². The van der Waals surface area contributed by atoms with Crippen LogP contribution >= 0.6 is 11.3 Å². The molecule has 0 saturated heterocycles. The van der Waals surface area contributed by atoms with Gasteiger partial charge in [-0.2, -0.15) is 0 Å². The van der Waals surface area contributed by atoms with Gasteiger partial charge in [-0.3, -0.25) is 4.84 Å². The number of thiazole rings is 1. The topological polar surface area (TPSA) is 57.4 Å². The first-order valence-corrected chi connectivity index (χ1v) is 11.8. The summed E-state index contributed by atoms with van der Waals surface area (Å²) in [6.07, 6.45) is 0. The van der Waals surface area contributed by atoms with E-state index in [-0.39, 0.29) is 5.04 Å². The smallest absolute Gasteiger partial charge is 0.261 e.